The largest absolute Gasteiger partial charge is 0.497 e. The number of hydrogen-bond acceptors (Lipinski definition) is 7. The van der Waals surface area contributed by atoms with Gasteiger partial charge < -0.3 is 35.2 Å². The second kappa shape index (κ2) is 21.6. The van der Waals surface area contributed by atoms with Crippen molar-refractivity contribution in [1.29, 1.82) is 0 Å². The fourth-order valence-corrected chi connectivity index (χ4v) is 4.63. The number of aryl methyl sites for hydroxylation is 1. The summed E-state index contributed by atoms with van der Waals surface area (Å²) in [6, 6.07) is 20.2. The van der Waals surface area contributed by atoms with Gasteiger partial charge in [-0.15, -0.1) is 0 Å². The molecule has 3 rings (SSSR count). The van der Waals surface area contributed by atoms with Gasteiger partial charge in [-0.2, -0.15) is 0 Å². The number of benzene rings is 3. The molecule has 0 aliphatic carbocycles. The number of urea groups is 1. The number of esters is 1. The van der Waals surface area contributed by atoms with Gasteiger partial charge in [0, 0.05) is 35.7 Å². The molecular formula is C38H51N5O7. The van der Waals surface area contributed by atoms with Crippen molar-refractivity contribution in [2.75, 3.05) is 55.8 Å². The lowest BCUT2D eigenvalue weighted by atomic mass is 10.1. The van der Waals surface area contributed by atoms with E-state index in [0.29, 0.717) is 41.3 Å². The molecule has 0 aromatic heterocycles. The van der Waals surface area contributed by atoms with Crippen molar-refractivity contribution < 1.29 is 33.4 Å². The first-order chi connectivity index (χ1) is 24.0. The van der Waals surface area contributed by atoms with Gasteiger partial charge in [0.05, 0.1) is 26.7 Å². The number of nitrogens with one attached hydrogen (secondary N) is 3. The second-order valence-corrected chi connectivity index (χ2v) is 11.5. The fraction of sp³-hybridized carbons (Fsp3) is 0.395. The summed E-state index contributed by atoms with van der Waals surface area (Å²) in [6.07, 6.45) is 0.540. The third-order valence-corrected chi connectivity index (χ3v) is 7.30. The van der Waals surface area contributed by atoms with Gasteiger partial charge in [-0.25, -0.2) is 4.79 Å². The van der Waals surface area contributed by atoms with Crippen LogP contribution >= 0.6 is 0 Å². The lowest BCUT2D eigenvalue weighted by molar-refractivity contribution is -0.143. The Kier molecular flexibility index (Phi) is 17.6. The van der Waals surface area contributed by atoms with Crippen LogP contribution in [0.3, 0.4) is 0 Å². The SMILES string of the molecule is CC.CCOC(=O)CCN(CC(=O)N(CCC(C)C)CC(=O)Nc1ccc(NC(=O)Nc2ccccc2C)cc1)C(=O)c1cccc(OC)c1. The molecule has 0 unspecified atom stereocenters. The minimum atomic E-state index is -0.488. The van der Waals surface area contributed by atoms with Crippen molar-refractivity contribution in [2.45, 2.75) is 54.4 Å². The van der Waals surface area contributed by atoms with Crippen LogP contribution in [0.1, 0.15) is 63.4 Å². The first-order valence-electron chi connectivity index (χ1n) is 16.9. The Bertz CT molecular complexity index is 1560. The van der Waals surface area contributed by atoms with Crippen molar-refractivity contribution in [3.8, 4) is 5.75 Å². The summed E-state index contributed by atoms with van der Waals surface area (Å²) in [5.41, 5.74) is 2.92. The molecule has 50 heavy (non-hydrogen) atoms. The quantitative estimate of drug-likeness (QED) is 0.144. The van der Waals surface area contributed by atoms with Crippen LogP contribution in [0, 0.1) is 12.8 Å². The maximum absolute atomic E-state index is 13.6. The molecule has 0 spiro atoms. The number of carbonyl (C=O) groups excluding carboxylic acids is 5. The van der Waals surface area contributed by atoms with Crippen LogP contribution in [0.2, 0.25) is 0 Å². The molecule has 0 heterocycles. The maximum Gasteiger partial charge on any atom is 0.323 e. The number of methoxy groups -OCH3 is 1. The van der Waals surface area contributed by atoms with Crippen LogP contribution in [0.25, 0.3) is 0 Å². The van der Waals surface area contributed by atoms with E-state index >= 15 is 0 Å². The Morgan fingerprint density at radius 1 is 0.780 bits per heavy atom. The van der Waals surface area contributed by atoms with E-state index in [1.54, 1.807) is 55.5 Å². The Hall–Kier alpha value is -5.39. The van der Waals surface area contributed by atoms with E-state index in [4.69, 9.17) is 9.47 Å². The zero-order valence-corrected chi connectivity index (χ0v) is 30.2. The molecule has 0 aliphatic heterocycles. The van der Waals surface area contributed by atoms with E-state index in [-0.39, 0.29) is 38.6 Å². The lowest BCUT2D eigenvalue weighted by Gasteiger charge is -2.28. The third-order valence-electron chi connectivity index (χ3n) is 7.30. The molecule has 0 radical (unpaired) electrons. The smallest absolute Gasteiger partial charge is 0.323 e. The monoisotopic (exact) mass is 689 g/mol. The average Bonchev–Trinajstić information content (AvgIpc) is 3.10. The zero-order chi connectivity index (χ0) is 37.1. The molecule has 5 amide bonds. The molecule has 0 saturated carbocycles. The molecule has 12 nitrogen and oxygen atoms in total. The Morgan fingerprint density at radius 2 is 1.44 bits per heavy atom. The molecule has 0 bridgehead atoms. The van der Waals surface area contributed by atoms with Crippen LogP contribution in [-0.2, 0) is 19.1 Å². The number of ether oxygens (including phenoxy) is 2. The first kappa shape index (κ1) is 40.8. The van der Waals surface area contributed by atoms with Crippen LogP contribution < -0.4 is 20.7 Å². The molecule has 0 atom stereocenters. The Labute approximate surface area is 295 Å². The molecule has 270 valence electrons. The maximum atomic E-state index is 13.6. The van der Waals surface area contributed by atoms with Gasteiger partial charge in [-0.1, -0.05) is 52.0 Å². The van der Waals surface area contributed by atoms with Crippen molar-refractivity contribution in [3.05, 3.63) is 83.9 Å². The van der Waals surface area contributed by atoms with Crippen molar-refractivity contribution in [2.24, 2.45) is 5.92 Å². The lowest BCUT2D eigenvalue weighted by Crippen LogP contribution is -2.46. The van der Waals surface area contributed by atoms with E-state index in [1.807, 2.05) is 58.9 Å². The zero-order valence-electron chi connectivity index (χ0n) is 30.2. The number of carbonyl (C=O) groups is 5. The molecule has 0 aliphatic rings. The number of hydrogen-bond donors (Lipinski definition) is 3. The van der Waals surface area contributed by atoms with Crippen LogP contribution in [0.15, 0.2) is 72.8 Å². The van der Waals surface area contributed by atoms with Crippen molar-refractivity contribution in [1.82, 2.24) is 9.80 Å². The van der Waals surface area contributed by atoms with E-state index in [1.165, 1.54) is 16.9 Å². The summed E-state index contributed by atoms with van der Waals surface area (Å²) in [5.74, 6) is -1.09. The highest BCUT2D eigenvalue weighted by Crippen LogP contribution is 2.18. The Morgan fingerprint density at radius 3 is 2.06 bits per heavy atom. The number of nitrogens with zero attached hydrogens (tertiary/aromatic N) is 2. The van der Waals surface area contributed by atoms with E-state index in [9.17, 15) is 24.0 Å². The van der Waals surface area contributed by atoms with Crippen molar-refractivity contribution >= 4 is 46.8 Å². The van der Waals surface area contributed by atoms with E-state index < -0.39 is 29.7 Å². The highest BCUT2D eigenvalue weighted by Gasteiger charge is 2.25. The predicted molar refractivity (Wildman–Crippen MR) is 196 cm³/mol. The summed E-state index contributed by atoms with van der Waals surface area (Å²) in [4.78, 5) is 67.6. The second-order valence-electron chi connectivity index (χ2n) is 11.5. The van der Waals surface area contributed by atoms with E-state index in [2.05, 4.69) is 16.0 Å². The molecule has 3 N–H and O–H groups in total. The van der Waals surface area contributed by atoms with Gasteiger partial charge in [0.25, 0.3) is 5.91 Å². The minimum absolute atomic E-state index is 0.0474. The summed E-state index contributed by atoms with van der Waals surface area (Å²) in [6.45, 7) is 11.5. The molecule has 0 fully saturated rings. The number of amides is 5. The van der Waals surface area contributed by atoms with Gasteiger partial charge in [0.15, 0.2) is 0 Å². The first-order valence-corrected chi connectivity index (χ1v) is 16.9. The average molecular weight is 690 g/mol. The summed E-state index contributed by atoms with van der Waals surface area (Å²) in [7, 11) is 1.49. The fourth-order valence-electron chi connectivity index (χ4n) is 4.63. The molecular weight excluding hydrogens is 638 g/mol. The highest BCUT2D eigenvalue weighted by atomic mass is 16.5. The molecule has 3 aromatic rings. The van der Waals surface area contributed by atoms with Crippen LogP contribution in [-0.4, -0.2) is 79.4 Å². The van der Waals surface area contributed by atoms with Crippen LogP contribution in [0.4, 0.5) is 21.9 Å². The standard InChI is InChI=1S/C36H45N5O7.C2H6/c1-6-48-34(44)19-21-41(35(45)27-11-9-12-30(22-27)47-5)24-33(43)40(20-18-25(2)3)23-32(42)37-28-14-16-29(17-15-28)38-36(46)39-31-13-8-7-10-26(31)4;1-2/h7-17,22,25H,6,18-21,23-24H2,1-5H3,(H,37,42)(H2,38,39,46);1-2H3. The van der Waals surface area contributed by atoms with Gasteiger partial charge >= 0.3 is 12.0 Å². The number of rotatable bonds is 16. The molecule has 0 saturated heterocycles. The minimum Gasteiger partial charge on any atom is -0.497 e. The Balaban J connectivity index is 0.00000425. The van der Waals surface area contributed by atoms with Gasteiger partial charge in [0.1, 0.15) is 12.3 Å². The van der Waals surface area contributed by atoms with Crippen LogP contribution in [0.5, 0.6) is 5.75 Å². The summed E-state index contributed by atoms with van der Waals surface area (Å²) in [5, 5.41) is 8.35. The van der Waals surface area contributed by atoms with Gasteiger partial charge in [-0.3, -0.25) is 19.2 Å². The number of anilines is 3. The molecule has 3 aromatic carbocycles. The summed E-state index contributed by atoms with van der Waals surface area (Å²) < 4.78 is 10.3. The van der Waals surface area contributed by atoms with Gasteiger partial charge in [0.2, 0.25) is 11.8 Å². The van der Waals surface area contributed by atoms with E-state index in [0.717, 1.165) is 5.56 Å². The third kappa shape index (κ3) is 14.0. The molecule has 12 heteroatoms. The van der Waals surface area contributed by atoms with Crippen molar-refractivity contribution in [3.63, 3.8) is 0 Å². The summed E-state index contributed by atoms with van der Waals surface area (Å²) >= 11 is 0. The highest BCUT2D eigenvalue weighted by molar-refractivity contribution is 6.01. The van der Waals surface area contributed by atoms with Gasteiger partial charge in [-0.05, 0) is 80.3 Å². The number of para-hydroxylation sites is 1. The topological polar surface area (TPSA) is 146 Å². The normalized spacial score (nSPS) is 10.2. The predicted octanol–water partition coefficient (Wildman–Crippen LogP) is 6.58.